The molecule has 2 aromatic rings. The highest BCUT2D eigenvalue weighted by Crippen LogP contribution is 2.28. The van der Waals surface area contributed by atoms with Crippen LogP contribution in [0.25, 0.3) is 0 Å². The van der Waals surface area contributed by atoms with E-state index in [1.807, 2.05) is 19.9 Å². The minimum absolute atomic E-state index is 0.288. The lowest BCUT2D eigenvalue weighted by molar-refractivity contribution is 0.0995. The van der Waals surface area contributed by atoms with Gasteiger partial charge in [-0.05, 0) is 52.7 Å². The zero-order chi connectivity index (χ0) is 14.0. The van der Waals surface area contributed by atoms with Gasteiger partial charge >= 0.3 is 0 Å². The number of rotatable bonds is 3. The number of nitrogen functional groups attached to an aromatic ring is 1. The van der Waals surface area contributed by atoms with Gasteiger partial charge in [0.15, 0.2) is 5.76 Å². The minimum Gasteiger partial charge on any atom is -0.456 e. The summed E-state index contributed by atoms with van der Waals surface area (Å²) in [6, 6.07) is 7.05. The van der Waals surface area contributed by atoms with Crippen LogP contribution >= 0.6 is 15.9 Å². The molecular formula is C14H15BrN2O2. The molecule has 0 bridgehead atoms. The van der Waals surface area contributed by atoms with Crippen molar-refractivity contribution in [3.8, 4) is 0 Å². The van der Waals surface area contributed by atoms with Crippen LogP contribution in [0.5, 0.6) is 0 Å². The van der Waals surface area contributed by atoms with Crippen LogP contribution in [0.15, 0.2) is 33.2 Å². The summed E-state index contributed by atoms with van der Waals surface area (Å²) in [4.78, 5) is 12.0. The van der Waals surface area contributed by atoms with Gasteiger partial charge in [0.25, 0.3) is 5.91 Å². The number of benzene rings is 1. The van der Waals surface area contributed by atoms with Gasteiger partial charge in [0.1, 0.15) is 5.76 Å². The van der Waals surface area contributed by atoms with Gasteiger partial charge in [0, 0.05) is 16.6 Å². The Balaban J connectivity index is 2.21. The number of hydrogen-bond acceptors (Lipinski definition) is 3. The standard InChI is InChI=1S/C14H15BrN2O2/c1-3-9-4-5-13(19-9)14(18)17-12-7-11(16)8(2)6-10(12)15/h4-7H,3,16H2,1-2H3,(H,17,18). The molecule has 1 amide bonds. The summed E-state index contributed by atoms with van der Waals surface area (Å²) in [6.45, 7) is 3.88. The van der Waals surface area contributed by atoms with E-state index < -0.39 is 0 Å². The third kappa shape index (κ3) is 2.98. The average Bonchev–Trinajstić information content (AvgIpc) is 2.84. The van der Waals surface area contributed by atoms with Crippen molar-refractivity contribution >= 4 is 33.2 Å². The predicted molar refractivity (Wildman–Crippen MR) is 79.3 cm³/mol. The SMILES string of the molecule is CCc1ccc(C(=O)Nc2cc(N)c(C)cc2Br)o1. The molecule has 0 fully saturated rings. The second kappa shape index (κ2) is 5.48. The van der Waals surface area contributed by atoms with Crippen molar-refractivity contribution in [1.29, 1.82) is 0 Å². The lowest BCUT2D eigenvalue weighted by atomic mass is 10.2. The van der Waals surface area contributed by atoms with Gasteiger partial charge in [-0.1, -0.05) is 6.92 Å². The van der Waals surface area contributed by atoms with Crippen LogP contribution in [0.1, 0.15) is 28.8 Å². The quantitative estimate of drug-likeness (QED) is 0.845. The summed E-state index contributed by atoms with van der Waals surface area (Å²) < 4.78 is 6.19. The monoisotopic (exact) mass is 322 g/mol. The number of aryl methyl sites for hydroxylation is 2. The van der Waals surface area contributed by atoms with Crippen LogP contribution in [0.2, 0.25) is 0 Å². The first-order valence-electron chi connectivity index (χ1n) is 5.97. The summed E-state index contributed by atoms with van der Waals surface area (Å²) in [5.74, 6) is 0.791. The van der Waals surface area contributed by atoms with Crippen LogP contribution in [0.3, 0.4) is 0 Å². The van der Waals surface area contributed by atoms with Crippen molar-refractivity contribution in [1.82, 2.24) is 0 Å². The number of amides is 1. The fraction of sp³-hybridized carbons (Fsp3) is 0.214. The van der Waals surface area contributed by atoms with Crippen molar-refractivity contribution in [2.75, 3.05) is 11.1 Å². The second-order valence-electron chi connectivity index (χ2n) is 4.26. The van der Waals surface area contributed by atoms with Crippen molar-refractivity contribution < 1.29 is 9.21 Å². The Hall–Kier alpha value is -1.75. The molecular weight excluding hydrogens is 308 g/mol. The molecule has 1 aromatic heterocycles. The topological polar surface area (TPSA) is 68.3 Å². The fourth-order valence-electron chi connectivity index (χ4n) is 1.66. The number of nitrogens with one attached hydrogen (secondary N) is 1. The Morgan fingerprint density at radius 2 is 2.16 bits per heavy atom. The van der Waals surface area contributed by atoms with E-state index in [-0.39, 0.29) is 5.91 Å². The lowest BCUT2D eigenvalue weighted by Gasteiger charge is -2.09. The maximum absolute atomic E-state index is 12.0. The molecule has 0 saturated carbocycles. The number of furan rings is 1. The van der Waals surface area contributed by atoms with Crippen LogP contribution < -0.4 is 11.1 Å². The maximum atomic E-state index is 12.0. The Kier molecular flexibility index (Phi) is 3.95. The number of carbonyl (C=O) groups is 1. The number of hydrogen-bond donors (Lipinski definition) is 2. The first-order chi connectivity index (χ1) is 9.01. The van der Waals surface area contributed by atoms with Gasteiger partial charge in [-0.25, -0.2) is 0 Å². The summed E-state index contributed by atoms with van der Waals surface area (Å²) in [5.41, 5.74) is 8.05. The predicted octanol–water partition coefficient (Wildman–Crippen LogP) is 3.75. The van der Waals surface area contributed by atoms with Gasteiger partial charge in [-0.3, -0.25) is 4.79 Å². The Labute approximate surface area is 120 Å². The Morgan fingerprint density at radius 1 is 1.42 bits per heavy atom. The molecule has 100 valence electrons. The highest BCUT2D eigenvalue weighted by atomic mass is 79.9. The number of carbonyl (C=O) groups excluding carboxylic acids is 1. The molecule has 2 rings (SSSR count). The van der Waals surface area contributed by atoms with Crippen molar-refractivity contribution in [2.24, 2.45) is 0 Å². The molecule has 0 aliphatic carbocycles. The van der Waals surface area contributed by atoms with E-state index in [1.54, 1.807) is 18.2 Å². The van der Waals surface area contributed by atoms with Gasteiger partial charge < -0.3 is 15.5 Å². The molecule has 5 heteroatoms. The molecule has 0 radical (unpaired) electrons. The van der Waals surface area contributed by atoms with E-state index in [4.69, 9.17) is 10.2 Å². The number of halogens is 1. The van der Waals surface area contributed by atoms with E-state index in [2.05, 4.69) is 21.2 Å². The van der Waals surface area contributed by atoms with E-state index in [1.165, 1.54) is 0 Å². The highest BCUT2D eigenvalue weighted by Gasteiger charge is 2.13. The van der Waals surface area contributed by atoms with Crippen LogP contribution in [0, 0.1) is 6.92 Å². The molecule has 19 heavy (non-hydrogen) atoms. The molecule has 1 aromatic carbocycles. The van der Waals surface area contributed by atoms with E-state index >= 15 is 0 Å². The molecule has 0 atom stereocenters. The number of anilines is 2. The Bertz CT molecular complexity index is 620. The largest absolute Gasteiger partial charge is 0.456 e. The third-order valence-corrected chi connectivity index (χ3v) is 3.49. The zero-order valence-corrected chi connectivity index (χ0v) is 12.4. The van der Waals surface area contributed by atoms with Crippen molar-refractivity contribution in [3.05, 3.63) is 45.8 Å². The molecule has 3 N–H and O–H groups in total. The molecule has 0 aliphatic rings. The molecule has 4 nitrogen and oxygen atoms in total. The van der Waals surface area contributed by atoms with E-state index in [0.717, 1.165) is 22.2 Å². The van der Waals surface area contributed by atoms with Gasteiger partial charge in [-0.2, -0.15) is 0 Å². The molecule has 1 heterocycles. The molecule has 0 unspecified atom stereocenters. The van der Waals surface area contributed by atoms with Crippen molar-refractivity contribution in [3.63, 3.8) is 0 Å². The highest BCUT2D eigenvalue weighted by molar-refractivity contribution is 9.10. The van der Waals surface area contributed by atoms with Gasteiger partial charge in [0.2, 0.25) is 0 Å². The van der Waals surface area contributed by atoms with Crippen LogP contribution in [-0.2, 0) is 6.42 Å². The number of nitrogens with two attached hydrogens (primary N) is 1. The fourth-order valence-corrected chi connectivity index (χ4v) is 2.22. The lowest BCUT2D eigenvalue weighted by Crippen LogP contribution is -2.11. The third-order valence-electron chi connectivity index (χ3n) is 2.84. The van der Waals surface area contributed by atoms with E-state index in [9.17, 15) is 4.79 Å². The van der Waals surface area contributed by atoms with Gasteiger partial charge in [-0.15, -0.1) is 0 Å². The summed E-state index contributed by atoms with van der Waals surface area (Å²) in [5, 5.41) is 2.77. The summed E-state index contributed by atoms with van der Waals surface area (Å²) in [6.07, 6.45) is 0.758. The van der Waals surface area contributed by atoms with Crippen LogP contribution in [-0.4, -0.2) is 5.91 Å². The average molecular weight is 323 g/mol. The summed E-state index contributed by atoms with van der Waals surface area (Å²) >= 11 is 3.40. The zero-order valence-electron chi connectivity index (χ0n) is 10.8. The first-order valence-corrected chi connectivity index (χ1v) is 6.76. The minimum atomic E-state index is -0.288. The molecule has 0 aliphatic heterocycles. The van der Waals surface area contributed by atoms with Crippen LogP contribution in [0.4, 0.5) is 11.4 Å². The second-order valence-corrected chi connectivity index (χ2v) is 5.12. The van der Waals surface area contributed by atoms with E-state index in [0.29, 0.717) is 17.1 Å². The van der Waals surface area contributed by atoms with Crippen molar-refractivity contribution in [2.45, 2.75) is 20.3 Å². The Morgan fingerprint density at radius 3 is 2.79 bits per heavy atom. The smallest absolute Gasteiger partial charge is 0.291 e. The molecule has 0 spiro atoms. The normalized spacial score (nSPS) is 10.5. The summed E-state index contributed by atoms with van der Waals surface area (Å²) in [7, 11) is 0. The first kappa shape index (κ1) is 13.7. The maximum Gasteiger partial charge on any atom is 0.291 e. The van der Waals surface area contributed by atoms with Gasteiger partial charge in [0.05, 0.1) is 5.69 Å². The molecule has 0 saturated heterocycles.